The minimum Gasteiger partial charge on any atom is -0.463 e. The summed E-state index contributed by atoms with van der Waals surface area (Å²) in [6.45, 7) is 5.42. The molecule has 1 unspecified atom stereocenters. The Morgan fingerprint density at radius 2 is 1.95 bits per heavy atom. The fraction of sp³-hybridized carbons (Fsp3) is 0.500. The van der Waals surface area contributed by atoms with Crippen molar-refractivity contribution in [2.75, 3.05) is 6.54 Å². The first kappa shape index (κ1) is 15.9. The van der Waals surface area contributed by atoms with Gasteiger partial charge in [0.2, 0.25) is 5.56 Å². The normalized spacial score (nSPS) is 12.1. The zero-order valence-corrected chi connectivity index (χ0v) is 12.2. The summed E-state index contributed by atoms with van der Waals surface area (Å²) in [6.07, 6.45) is 1.28. The summed E-state index contributed by atoms with van der Waals surface area (Å²) in [5.41, 5.74) is 0.187. The van der Waals surface area contributed by atoms with Crippen LogP contribution in [0.1, 0.15) is 31.1 Å². The predicted molar refractivity (Wildman–Crippen MR) is 74.4 cm³/mol. The Kier molecular flexibility index (Phi) is 5.49. The highest BCUT2D eigenvalue weighted by molar-refractivity contribution is 5.94. The Labute approximate surface area is 117 Å². The van der Waals surface area contributed by atoms with Crippen LogP contribution in [0, 0.1) is 5.92 Å². The first-order valence-corrected chi connectivity index (χ1v) is 6.46. The van der Waals surface area contributed by atoms with Gasteiger partial charge in [0.1, 0.15) is 0 Å². The Morgan fingerprint density at radius 1 is 1.30 bits per heavy atom. The van der Waals surface area contributed by atoms with Crippen molar-refractivity contribution < 1.29 is 14.3 Å². The number of carbonyl (C=O) groups excluding carboxylic acids is 2. The molecule has 0 fully saturated rings. The van der Waals surface area contributed by atoms with E-state index in [4.69, 9.17) is 4.74 Å². The average molecular weight is 280 g/mol. The number of esters is 1. The number of amides is 1. The molecular formula is C14H20N2O4. The van der Waals surface area contributed by atoms with E-state index >= 15 is 0 Å². The zero-order valence-electron chi connectivity index (χ0n) is 12.2. The Bertz CT molecular complexity index is 548. The highest BCUT2D eigenvalue weighted by Crippen LogP contribution is 2.01. The van der Waals surface area contributed by atoms with Crippen LogP contribution in [-0.4, -0.2) is 29.1 Å². The fourth-order valence-corrected chi connectivity index (χ4v) is 1.51. The smallest absolute Gasteiger partial charge is 0.310 e. The van der Waals surface area contributed by atoms with Crippen LogP contribution in [0.4, 0.5) is 0 Å². The van der Waals surface area contributed by atoms with E-state index in [0.29, 0.717) is 5.56 Å². The number of ether oxygens (including phenoxy) is 1. The van der Waals surface area contributed by atoms with Crippen LogP contribution in [-0.2, 0) is 16.6 Å². The van der Waals surface area contributed by atoms with Gasteiger partial charge in [-0.2, -0.15) is 0 Å². The number of nitrogens with one attached hydrogen (secondary N) is 1. The maximum Gasteiger partial charge on any atom is 0.310 e. The van der Waals surface area contributed by atoms with Crippen LogP contribution < -0.4 is 10.9 Å². The van der Waals surface area contributed by atoms with Crippen LogP contribution >= 0.6 is 0 Å². The molecule has 1 rings (SSSR count). The molecule has 0 radical (unpaired) electrons. The molecule has 6 heteroatoms. The number of carbonyl (C=O) groups is 2. The van der Waals surface area contributed by atoms with Gasteiger partial charge in [-0.3, -0.25) is 14.4 Å². The molecule has 1 aromatic heterocycles. The SMILES string of the molecule is CC(C)OC(=O)C(C)CNC(=O)c1ccc(=O)n(C)c1. The lowest BCUT2D eigenvalue weighted by Gasteiger charge is -2.14. The second-order valence-corrected chi connectivity index (χ2v) is 4.96. The van der Waals surface area contributed by atoms with Crippen molar-refractivity contribution in [3.8, 4) is 0 Å². The third-order valence-electron chi connectivity index (χ3n) is 2.67. The minimum absolute atomic E-state index is 0.177. The van der Waals surface area contributed by atoms with Crippen LogP contribution in [0.2, 0.25) is 0 Å². The minimum atomic E-state index is -0.422. The van der Waals surface area contributed by atoms with E-state index in [-0.39, 0.29) is 30.1 Å². The Hall–Kier alpha value is -2.11. The maximum absolute atomic E-state index is 11.9. The summed E-state index contributed by atoms with van der Waals surface area (Å²) in [7, 11) is 1.57. The van der Waals surface area contributed by atoms with E-state index in [9.17, 15) is 14.4 Å². The van der Waals surface area contributed by atoms with Crippen molar-refractivity contribution in [2.24, 2.45) is 13.0 Å². The number of rotatable bonds is 5. The molecule has 0 aliphatic carbocycles. The number of hydrogen-bond donors (Lipinski definition) is 1. The van der Waals surface area contributed by atoms with Gasteiger partial charge in [-0.05, 0) is 19.9 Å². The van der Waals surface area contributed by atoms with Crippen molar-refractivity contribution in [1.82, 2.24) is 9.88 Å². The molecular weight excluding hydrogens is 260 g/mol. The number of pyridine rings is 1. The van der Waals surface area contributed by atoms with Gasteiger partial charge in [-0.1, -0.05) is 6.92 Å². The third-order valence-corrected chi connectivity index (χ3v) is 2.67. The van der Waals surface area contributed by atoms with Crippen molar-refractivity contribution in [1.29, 1.82) is 0 Å². The predicted octanol–water partition coefficient (Wildman–Crippen LogP) is 0.703. The van der Waals surface area contributed by atoms with E-state index in [1.54, 1.807) is 27.8 Å². The first-order valence-electron chi connectivity index (χ1n) is 6.46. The largest absolute Gasteiger partial charge is 0.463 e. The first-order chi connectivity index (χ1) is 9.31. The molecule has 6 nitrogen and oxygen atoms in total. The summed E-state index contributed by atoms with van der Waals surface area (Å²) in [5, 5.41) is 2.64. The summed E-state index contributed by atoms with van der Waals surface area (Å²) < 4.78 is 6.37. The summed E-state index contributed by atoms with van der Waals surface area (Å²) >= 11 is 0. The quantitative estimate of drug-likeness (QED) is 0.806. The van der Waals surface area contributed by atoms with Gasteiger partial charge >= 0.3 is 5.97 Å². The molecule has 1 atom stereocenters. The molecule has 20 heavy (non-hydrogen) atoms. The maximum atomic E-state index is 11.9. The van der Waals surface area contributed by atoms with E-state index in [1.807, 2.05) is 0 Å². The molecule has 0 aliphatic heterocycles. The summed E-state index contributed by atoms with van der Waals surface area (Å²) in [4.78, 5) is 34.7. The monoisotopic (exact) mass is 280 g/mol. The molecule has 1 heterocycles. The standard InChI is InChI=1S/C14H20N2O4/c1-9(2)20-14(19)10(3)7-15-13(18)11-5-6-12(17)16(4)8-11/h5-6,8-10H,7H2,1-4H3,(H,15,18). The number of aromatic nitrogens is 1. The number of aryl methyl sites for hydroxylation is 1. The van der Waals surface area contributed by atoms with Crippen LogP contribution in [0.5, 0.6) is 0 Å². The average Bonchev–Trinajstić information content (AvgIpc) is 2.37. The molecule has 0 spiro atoms. The molecule has 1 amide bonds. The van der Waals surface area contributed by atoms with Crippen molar-refractivity contribution in [3.63, 3.8) is 0 Å². The lowest BCUT2D eigenvalue weighted by atomic mass is 10.1. The highest BCUT2D eigenvalue weighted by Gasteiger charge is 2.17. The topological polar surface area (TPSA) is 77.4 Å². The zero-order chi connectivity index (χ0) is 15.3. The molecule has 0 aliphatic rings. The number of nitrogens with zero attached hydrogens (tertiary/aromatic N) is 1. The van der Waals surface area contributed by atoms with Gasteiger partial charge in [0.15, 0.2) is 0 Å². The molecule has 0 saturated heterocycles. The van der Waals surface area contributed by atoms with Crippen molar-refractivity contribution >= 4 is 11.9 Å². The Morgan fingerprint density at radius 3 is 2.50 bits per heavy atom. The second kappa shape index (κ2) is 6.88. The van der Waals surface area contributed by atoms with Gasteiger partial charge in [-0.15, -0.1) is 0 Å². The second-order valence-electron chi connectivity index (χ2n) is 4.96. The van der Waals surface area contributed by atoms with Crippen LogP contribution in [0.15, 0.2) is 23.1 Å². The molecule has 110 valence electrons. The molecule has 0 saturated carbocycles. The molecule has 1 aromatic rings. The Balaban J connectivity index is 2.56. The fourth-order valence-electron chi connectivity index (χ4n) is 1.51. The lowest BCUT2D eigenvalue weighted by molar-refractivity contribution is -0.151. The van der Waals surface area contributed by atoms with Crippen molar-refractivity contribution in [3.05, 3.63) is 34.2 Å². The number of hydrogen-bond acceptors (Lipinski definition) is 4. The van der Waals surface area contributed by atoms with E-state index in [2.05, 4.69) is 5.32 Å². The van der Waals surface area contributed by atoms with E-state index in [1.165, 1.54) is 22.9 Å². The third kappa shape index (κ3) is 4.53. The van der Waals surface area contributed by atoms with E-state index in [0.717, 1.165) is 0 Å². The van der Waals surface area contributed by atoms with Gasteiger partial charge in [0, 0.05) is 25.9 Å². The van der Waals surface area contributed by atoms with Gasteiger partial charge in [-0.25, -0.2) is 0 Å². The van der Waals surface area contributed by atoms with E-state index < -0.39 is 5.92 Å². The van der Waals surface area contributed by atoms with Gasteiger partial charge in [0.25, 0.3) is 5.91 Å². The molecule has 0 bridgehead atoms. The van der Waals surface area contributed by atoms with Gasteiger partial charge < -0.3 is 14.6 Å². The molecule has 0 aromatic carbocycles. The van der Waals surface area contributed by atoms with Gasteiger partial charge in [0.05, 0.1) is 17.6 Å². The summed E-state index contributed by atoms with van der Waals surface area (Å²) in [5.74, 6) is -1.10. The molecule has 1 N–H and O–H groups in total. The summed E-state index contributed by atoms with van der Waals surface area (Å²) in [6, 6.07) is 2.78. The van der Waals surface area contributed by atoms with Crippen LogP contribution in [0.3, 0.4) is 0 Å². The van der Waals surface area contributed by atoms with Crippen molar-refractivity contribution in [2.45, 2.75) is 26.9 Å². The van der Waals surface area contributed by atoms with Crippen LogP contribution in [0.25, 0.3) is 0 Å². The lowest BCUT2D eigenvalue weighted by Crippen LogP contribution is -2.33. The highest BCUT2D eigenvalue weighted by atomic mass is 16.5.